The van der Waals surface area contributed by atoms with Crippen molar-refractivity contribution in [2.24, 2.45) is 0 Å². The van der Waals surface area contributed by atoms with Crippen molar-refractivity contribution in [3.8, 4) is 0 Å². The Morgan fingerprint density at radius 1 is 0.781 bits per heavy atom. The van der Waals surface area contributed by atoms with Crippen molar-refractivity contribution in [1.82, 2.24) is 0 Å². The summed E-state index contributed by atoms with van der Waals surface area (Å²) in [4.78, 5) is 47.7. The van der Waals surface area contributed by atoms with E-state index in [0.29, 0.717) is 16.4 Å². The summed E-state index contributed by atoms with van der Waals surface area (Å²) in [5.74, 6) is -3.04. The number of ether oxygens (including phenoxy) is 1. The number of carbonyl (C=O) groups excluding carboxylic acids is 3. The number of carboxylic acids is 1. The summed E-state index contributed by atoms with van der Waals surface area (Å²) in [5, 5.41) is 14.9. The van der Waals surface area contributed by atoms with Crippen LogP contribution in [0.1, 0.15) is 31.1 Å². The predicted octanol–water partition coefficient (Wildman–Crippen LogP) is 4.09. The van der Waals surface area contributed by atoms with E-state index in [2.05, 4.69) is 10.6 Å². The van der Waals surface area contributed by atoms with Gasteiger partial charge in [-0.1, -0.05) is 23.7 Å². The second kappa shape index (κ2) is 10.2. The number of rotatable bonds is 7. The van der Waals surface area contributed by atoms with Crippen molar-refractivity contribution in [3.05, 3.63) is 94.5 Å². The van der Waals surface area contributed by atoms with E-state index >= 15 is 0 Å². The Kier molecular flexibility index (Phi) is 7.20. The van der Waals surface area contributed by atoms with Crippen LogP contribution < -0.4 is 10.6 Å². The zero-order chi connectivity index (χ0) is 23.1. The molecule has 3 N–H and O–H groups in total. The molecule has 0 aliphatic heterocycles. The van der Waals surface area contributed by atoms with Gasteiger partial charge >= 0.3 is 11.9 Å². The number of hydrogen-bond acceptors (Lipinski definition) is 5. The van der Waals surface area contributed by atoms with Gasteiger partial charge in [0.2, 0.25) is 0 Å². The van der Waals surface area contributed by atoms with Crippen molar-refractivity contribution < 1.29 is 29.0 Å². The van der Waals surface area contributed by atoms with Crippen molar-refractivity contribution in [2.45, 2.75) is 0 Å². The van der Waals surface area contributed by atoms with Gasteiger partial charge in [-0.25, -0.2) is 9.59 Å². The molecule has 0 unspecified atom stereocenters. The molecule has 0 aliphatic carbocycles. The fraction of sp³-hybridized carbons (Fsp3) is 0.0435. The third kappa shape index (κ3) is 5.93. The van der Waals surface area contributed by atoms with E-state index in [1.54, 1.807) is 30.3 Å². The summed E-state index contributed by atoms with van der Waals surface area (Å²) in [6.45, 7) is -0.480. The van der Waals surface area contributed by atoms with E-state index in [4.69, 9.17) is 16.3 Å². The lowest BCUT2D eigenvalue weighted by molar-refractivity contribution is -0.119. The van der Waals surface area contributed by atoms with Crippen molar-refractivity contribution in [3.63, 3.8) is 0 Å². The first kappa shape index (κ1) is 22.5. The number of anilines is 2. The van der Waals surface area contributed by atoms with E-state index < -0.39 is 30.4 Å². The molecule has 3 aromatic rings. The Bertz CT molecular complexity index is 1160. The smallest absolute Gasteiger partial charge is 0.338 e. The lowest BCUT2D eigenvalue weighted by Crippen LogP contribution is -2.21. The molecule has 3 rings (SSSR count). The highest BCUT2D eigenvalue weighted by Gasteiger charge is 2.16. The van der Waals surface area contributed by atoms with E-state index in [0.717, 1.165) is 0 Å². The number of halogens is 1. The van der Waals surface area contributed by atoms with Crippen LogP contribution in [0.15, 0.2) is 72.8 Å². The summed E-state index contributed by atoms with van der Waals surface area (Å²) in [6, 6.07) is 18.0. The van der Waals surface area contributed by atoms with Gasteiger partial charge in [-0.2, -0.15) is 0 Å². The Morgan fingerprint density at radius 2 is 1.34 bits per heavy atom. The van der Waals surface area contributed by atoms with E-state index in [1.165, 1.54) is 42.5 Å². The molecule has 0 spiro atoms. The molecule has 0 aliphatic rings. The Labute approximate surface area is 187 Å². The van der Waals surface area contributed by atoms with Gasteiger partial charge in [0.05, 0.1) is 16.7 Å². The molecule has 0 fully saturated rings. The minimum Gasteiger partial charge on any atom is -0.478 e. The highest BCUT2D eigenvalue weighted by molar-refractivity contribution is 6.30. The maximum Gasteiger partial charge on any atom is 0.338 e. The zero-order valence-corrected chi connectivity index (χ0v) is 17.3. The summed E-state index contributed by atoms with van der Waals surface area (Å²) in [5.41, 5.74) is 0.928. The van der Waals surface area contributed by atoms with Crippen LogP contribution in [-0.4, -0.2) is 35.5 Å². The summed E-state index contributed by atoms with van der Waals surface area (Å²) >= 11 is 5.78. The number of amides is 2. The fourth-order valence-electron chi connectivity index (χ4n) is 2.70. The van der Waals surface area contributed by atoms with Crippen LogP contribution in [0.2, 0.25) is 5.02 Å². The second-order valence-corrected chi connectivity index (χ2v) is 6.95. The van der Waals surface area contributed by atoms with Gasteiger partial charge in [0, 0.05) is 16.4 Å². The lowest BCUT2D eigenvalue weighted by Gasteiger charge is -2.09. The Balaban J connectivity index is 1.55. The fourth-order valence-corrected chi connectivity index (χ4v) is 2.83. The number of esters is 1. The van der Waals surface area contributed by atoms with Gasteiger partial charge in [-0.15, -0.1) is 0 Å². The third-order valence-corrected chi connectivity index (χ3v) is 4.49. The van der Waals surface area contributed by atoms with E-state index in [9.17, 15) is 24.3 Å². The molecule has 0 saturated heterocycles. The topological polar surface area (TPSA) is 122 Å². The first-order valence-electron chi connectivity index (χ1n) is 9.30. The van der Waals surface area contributed by atoms with Gasteiger partial charge in [-0.05, 0) is 60.7 Å². The molecule has 8 nitrogen and oxygen atoms in total. The molecule has 0 bridgehead atoms. The molecule has 9 heteroatoms. The number of carboxylic acid groups (broad SMARTS) is 1. The maximum atomic E-state index is 12.4. The van der Waals surface area contributed by atoms with Crippen LogP contribution in [0.5, 0.6) is 0 Å². The number of nitrogens with one attached hydrogen (secondary N) is 2. The molecule has 0 saturated carbocycles. The highest BCUT2D eigenvalue weighted by Crippen LogP contribution is 2.16. The average molecular weight is 453 g/mol. The monoisotopic (exact) mass is 452 g/mol. The van der Waals surface area contributed by atoms with Gasteiger partial charge in [0.15, 0.2) is 6.61 Å². The lowest BCUT2D eigenvalue weighted by atomic mass is 10.1. The zero-order valence-electron chi connectivity index (χ0n) is 16.5. The van der Waals surface area contributed by atoms with Crippen molar-refractivity contribution in [1.29, 1.82) is 0 Å². The first-order valence-corrected chi connectivity index (χ1v) is 9.67. The van der Waals surface area contributed by atoms with Crippen LogP contribution >= 0.6 is 11.6 Å². The molecule has 3 aromatic carbocycles. The molecule has 0 radical (unpaired) electrons. The van der Waals surface area contributed by atoms with Crippen molar-refractivity contribution in [2.75, 3.05) is 17.2 Å². The average Bonchev–Trinajstić information content (AvgIpc) is 2.79. The minimum atomic E-state index is -1.21. The minimum absolute atomic E-state index is 0.00943. The molecular formula is C23H17ClN2O6. The highest BCUT2D eigenvalue weighted by atomic mass is 35.5. The Morgan fingerprint density at radius 3 is 1.97 bits per heavy atom. The number of benzene rings is 3. The molecule has 32 heavy (non-hydrogen) atoms. The van der Waals surface area contributed by atoms with E-state index in [-0.39, 0.29) is 16.7 Å². The number of aromatic carboxylic acids is 1. The number of carbonyl (C=O) groups is 4. The third-order valence-electron chi connectivity index (χ3n) is 4.24. The van der Waals surface area contributed by atoms with Gasteiger partial charge in [-0.3, -0.25) is 9.59 Å². The maximum absolute atomic E-state index is 12.4. The van der Waals surface area contributed by atoms with Crippen LogP contribution in [0.4, 0.5) is 11.4 Å². The molecule has 0 aromatic heterocycles. The molecular weight excluding hydrogens is 436 g/mol. The standard InChI is InChI=1S/C23H17ClN2O6/c24-15-7-11-16(12-8-15)25-20(27)13-32-23(31)14-5-9-17(10-6-14)26-21(28)18-3-1-2-4-19(18)22(29)30/h1-12H,13H2,(H,25,27)(H,26,28)(H,29,30). The second-order valence-electron chi connectivity index (χ2n) is 6.51. The van der Waals surface area contributed by atoms with Crippen LogP contribution in [-0.2, 0) is 9.53 Å². The number of hydrogen-bond donors (Lipinski definition) is 3. The summed E-state index contributed by atoms with van der Waals surface area (Å²) in [6.07, 6.45) is 0. The SMILES string of the molecule is O=C(COC(=O)c1ccc(NC(=O)c2ccccc2C(=O)O)cc1)Nc1ccc(Cl)cc1. The van der Waals surface area contributed by atoms with E-state index in [1.807, 2.05) is 0 Å². The van der Waals surface area contributed by atoms with Gasteiger partial charge < -0.3 is 20.5 Å². The predicted molar refractivity (Wildman–Crippen MR) is 118 cm³/mol. The van der Waals surface area contributed by atoms with Gasteiger partial charge in [0.25, 0.3) is 11.8 Å². The molecule has 0 atom stereocenters. The molecule has 0 heterocycles. The summed E-state index contributed by atoms with van der Waals surface area (Å²) in [7, 11) is 0. The Hall–Kier alpha value is -4.17. The molecule has 162 valence electrons. The molecule has 2 amide bonds. The van der Waals surface area contributed by atoms with Gasteiger partial charge in [0.1, 0.15) is 0 Å². The normalized spacial score (nSPS) is 10.2. The van der Waals surface area contributed by atoms with Crippen LogP contribution in [0.25, 0.3) is 0 Å². The van der Waals surface area contributed by atoms with Crippen molar-refractivity contribution >= 4 is 46.7 Å². The van der Waals surface area contributed by atoms with Crippen LogP contribution in [0, 0.1) is 0 Å². The first-order chi connectivity index (χ1) is 15.3. The quantitative estimate of drug-likeness (QED) is 0.464. The largest absolute Gasteiger partial charge is 0.478 e. The van der Waals surface area contributed by atoms with Crippen LogP contribution in [0.3, 0.4) is 0 Å². The summed E-state index contributed by atoms with van der Waals surface area (Å²) < 4.78 is 4.99.